The van der Waals surface area contributed by atoms with Gasteiger partial charge in [0, 0.05) is 19.1 Å². The number of nitrogens with zero attached hydrogens (tertiary/aromatic N) is 1. The summed E-state index contributed by atoms with van der Waals surface area (Å²) in [7, 11) is 0. The molecule has 1 saturated carbocycles. The van der Waals surface area contributed by atoms with Crippen molar-refractivity contribution in [1.29, 1.82) is 0 Å². The molecule has 0 bridgehead atoms. The Morgan fingerprint density at radius 1 is 1.12 bits per heavy atom. The highest BCUT2D eigenvalue weighted by atomic mass is 19.1. The number of urea groups is 1. The highest BCUT2D eigenvalue weighted by Crippen LogP contribution is 2.32. The normalized spacial score (nSPS) is 15.0. The van der Waals surface area contributed by atoms with E-state index >= 15 is 0 Å². The Labute approximate surface area is 151 Å². The Hall–Kier alpha value is -2.76. The molecule has 26 heavy (non-hydrogen) atoms. The third-order valence-corrected chi connectivity index (χ3v) is 4.62. The summed E-state index contributed by atoms with van der Waals surface area (Å²) in [5, 5.41) is 2.98. The van der Waals surface area contributed by atoms with Crippen LogP contribution in [0.4, 0.5) is 9.18 Å². The maximum Gasteiger partial charge on any atom is 0.317 e. The number of rotatable bonds is 6. The van der Waals surface area contributed by atoms with Crippen LogP contribution in [0.5, 0.6) is 11.5 Å². The predicted octanol–water partition coefficient (Wildman–Crippen LogP) is 3.47. The summed E-state index contributed by atoms with van der Waals surface area (Å²) in [5.41, 5.74) is 1.89. The van der Waals surface area contributed by atoms with E-state index in [1.807, 2.05) is 24.3 Å². The molecule has 0 aromatic heterocycles. The Bertz CT molecular complexity index is 807. The minimum Gasteiger partial charge on any atom is -0.454 e. The largest absolute Gasteiger partial charge is 0.454 e. The summed E-state index contributed by atoms with van der Waals surface area (Å²) in [6, 6.07) is 12.4. The van der Waals surface area contributed by atoms with E-state index in [9.17, 15) is 9.18 Å². The molecule has 6 heteroatoms. The molecule has 0 spiro atoms. The SMILES string of the molecule is O=C(NCCc1ccc2c(c1)OCO2)N(Cc1cccc(F)c1)C1CC1. The second kappa shape index (κ2) is 7.23. The highest BCUT2D eigenvalue weighted by molar-refractivity contribution is 5.75. The first kappa shape index (κ1) is 16.7. The van der Waals surface area contributed by atoms with Crippen LogP contribution in [0.1, 0.15) is 24.0 Å². The number of benzene rings is 2. The Kier molecular flexibility index (Phi) is 4.65. The summed E-state index contributed by atoms with van der Waals surface area (Å²) < 4.78 is 24.1. The summed E-state index contributed by atoms with van der Waals surface area (Å²) in [6.07, 6.45) is 2.72. The molecular weight excluding hydrogens is 335 g/mol. The molecule has 2 aliphatic rings. The number of carbonyl (C=O) groups excluding carboxylic acids is 1. The van der Waals surface area contributed by atoms with Gasteiger partial charge in [0.15, 0.2) is 11.5 Å². The van der Waals surface area contributed by atoms with Crippen molar-refractivity contribution in [2.75, 3.05) is 13.3 Å². The first-order valence-electron chi connectivity index (χ1n) is 8.86. The summed E-state index contributed by atoms with van der Waals surface area (Å²) in [4.78, 5) is 14.4. The van der Waals surface area contributed by atoms with E-state index < -0.39 is 0 Å². The second-order valence-corrected chi connectivity index (χ2v) is 6.66. The van der Waals surface area contributed by atoms with Gasteiger partial charge in [-0.15, -0.1) is 0 Å². The van der Waals surface area contributed by atoms with Crippen molar-refractivity contribution in [3.8, 4) is 11.5 Å². The van der Waals surface area contributed by atoms with Gasteiger partial charge in [0.2, 0.25) is 6.79 Å². The average molecular weight is 356 g/mol. The van der Waals surface area contributed by atoms with Crippen LogP contribution in [0, 0.1) is 5.82 Å². The number of fused-ring (bicyclic) bond motifs is 1. The van der Waals surface area contributed by atoms with Gasteiger partial charge in [-0.3, -0.25) is 0 Å². The molecule has 1 heterocycles. The molecule has 2 amide bonds. The molecule has 2 aromatic rings. The van der Waals surface area contributed by atoms with Crippen molar-refractivity contribution in [2.45, 2.75) is 31.8 Å². The lowest BCUT2D eigenvalue weighted by Gasteiger charge is -2.23. The van der Waals surface area contributed by atoms with E-state index in [0.29, 0.717) is 19.5 Å². The number of nitrogens with one attached hydrogen (secondary N) is 1. The lowest BCUT2D eigenvalue weighted by Crippen LogP contribution is -2.41. The van der Waals surface area contributed by atoms with E-state index in [1.165, 1.54) is 12.1 Å². The van der Waals surface area contributed by atoms with Gasteiger partial charge in [-0.2, -0.15) is 0 Å². The summed E-state index contributed by atoms with van der Waals surface area (Å²) in [5.74, 6) is 1.23. The first-order valence-corrected chi connectivity index (χ1v) is 8.86. The molecule has 1 fully saturated rings. The second-order valence-electron chi connectivity index (χ2n) is 6.66. The fourth-order valence-corrected chi connectivity index (χ4v) is 3.10. The van der Waals surface area contributed by atoms with Crippen molar-refractivity contribution >= 4 is 6.03 Å². The predicted molar refractivity (Wildman–Crippen MR) is 94.6 cm³/mol. The number of ether oxygens (including phenoxy) is 2. The van der Waals surface area contributed by atoms with Crippen LogP contribution in [0.15, 0.2) is 42.5 Å². The molecular formula is C20H21FN2O3. The monoisotopic (exact) mass is 356 g/mol. The third-order valence-electron chi connectivity index (χ3n) is 4.62. The molecule has 0 saturated heterocycles. The number of carbonyl (C=O) groups is 1. The van der Waals surface area contributed by atoms with Crippen LogP contribution in [0.25, 0.3) is 0 Å². The zero-order valence-electron chi connectivity index (χ0n) is 14.4. The van der Waals surface area contributed by atoms with Crippen molar-refractivity contribution < 1.29 is 18.7 Å². The molecule has 0 atom stereocenters. The molecule has 5 nitrogen and oxygen atoms in total. The Morgan fingerprint density at radius 2 is 1.96 bits per heavy atom. The first-order chi connectivity index (χ1) is 12.7. The van der Waals surface area contributed by atoms with Crippen LogP contribution in [-0.2, 0) is 13.0 Å². The van der Waals surface area contributed by atoms with Crippen molar-refractivity contribution in [3.05, 3.63) is 59.4 Å². The molecule has 4 rings (SSSR count). The van der Waals surface area contributed by atoms with Gasteiger partial charge in [-0.1, -0.05) is 18.2 Å². The van der Waals surface area contributed by atoms with Gasteiger partial charge in [0.25, 0.3) is 0 Å². The number of hydrogen-bond acceptors (Lipinski definition) is 3. The fourth-order valence-electron chi connectivity index (χ4n) is 3.10. The molecule has 0 unspecified atom stereocenters. The quantitative estimate of drug-likeness (QED) is 0.862. The van der Waals surface area contributed by atoms with Gasteiger partial charge in [0.05, 0.1) is 0 Å². The Balaban J connectivity index is 1.32. The minimum absolute atomic E-state index is 0.0995. The standard InChI is InChI=1S/C20H21FN2O3/c21-16-3-1-2-15(10-16)12-23(17-5-6-17)20(24)22-9-8-14-4-7-18-19(11-14)26-13-25-18/h1-4,7,10-11,17H,5-6,8-9,12-13H2,(H,22,24). The van der Waals surface area contributed by atoms with Crippen LogP contribution in [0.3, 0.4) is 0 Å². The Morgan fingerprint density at radius 3 is 2.77 bits per heavy atom. The molecule has 136 valence electrons. The maximum atomic E-state index is 13.4. The van der Waals surface area contributed by atoms with Crippen molar-refractivity contribution in [3.63, 3.8) is 0 Å². The van der Waals surface area contributed by atoms with E-state index in [0.717, 1.165) is 35.5 Å². The highest BCUT2D eigenvalue weighted by Gasteiger charge is 2.32. The zero-order chi connectivity index (χ0) is 17.9. The third kappa shape index (κ3) is 3.90. The topological polar surface area (TPSA) is 50.8 Å². The van der Waals surface area contributed by atoms with Gasteiger partial charge in [-0.05, 0) is 54.7 Å². The van der Waals surface area contributed by atoms with Crippen molar-refractivity contribution in [1.82, 2.24) is 10.2 Å². The van der Waals surface area contributed by atoms with E-state index in [1.54, 1.807) is 11.0 Å². The minimum atomic E-state index is -0.276. The fraction of sp³-hybridized carbons (Fsp3) is 0.350. The van der Waals surface area contributed by atoms with Crippen LogP contribution >= 0.6 is 0 Å². The van der Waals surface area contributed by atoms with Gasteiger partial charge >= 0.3 is 6.03 Å². The molecule has 2 aromatic carbocycles. The van der Waals surface area contributed by atoms with E-state index in [-0.39, 0.29) is 24.7 Å². The summed E-state index contributed by atoms with van der Waals surface area (Å²) >= 11 is 0. The summed E-state index contributed by atoms with van der Waals surface area (Å²) in [6.45, 7) is 1.22. The van der Waals surface area contributed by atoms with E-state index in [4.69, 9.17) is 9.47 Å². The van der Waals surface area contributed by atoms with Crippen LogP contribution in [-0.4, -0.2) is 30.3 Å². The smallest absolute Gasteiger partial charge is 0.317 e. The molecule has 1 aliphatic carbocycles. The maximum absolute atomic E-state index is 13.4. The van der Waals surface area contributed by atoms with Gasteiger partial charge < -0.3 is 19.7 Å². The molecule has 1 N–H and O–H groups in total. The van der Waals surface area contributed by atoms with Crippen LogP contribution in [0.2, 0.25) is 0 Å². The van der Waals surface area contributed by atoms with Crippen LogP contribution < -0.4 is 14.8 Å². The number of hydrogen-bond donors (Lipinski definition) is 1. The van der Waals surface area contributed by atoms with Gasteiger partial charge in [-0.25, -0.2) is 9.18 Å². The number of amides is 2. The lowest BCUT2D eigenvalue weighted by molar-refractivity contribution is 0.174. The van der Waals surface area contributed by atoms with Crippen molar-refractivity contribution in [2.24, 2.45) is 0 Å². The molecule has 1 aliphatic heterocycles. The zero-order valence-corrected chi connectivity index (χ0v) is 14.4. The lowest BCUT2D eigenvalue weighted by atomic mass is 10.1. The molecule has 0 radical (unpaired) electrons. The average Bonchev–Trinajstić information content (AvgIpc) is 3.36. The van der Waals surface area contributed by atoms with Gasteiger partial charge in [0.1, 0.15) is 5.82 Å². The number of halogens is 1. The van der Waals surface area contributed by atoms with E-state index in [2.05, 4.69) is 5.32 Å².